The maximum atomic E-state index is 12.1. The zero-order valence-electron chi connectivity index (χ0n) is 20.2. The van der Waals surface area contributed by atoms with Gasteiger partial charge in [-0.15, -0.1) is 0 Å². The van der Waals surface area contributed by atoms with Crippen molar-refractivity contribution in [1.29, 1.82) is 0 Å². The highest BCUT2D eigenvalue weighted by Gasteiger charge is 2.20. The molecular weight excluding hydrogens is 430 g/mol. The Morgan fingerprint density at radius 1 is 0.882 bits per heavy atom. The summed E-state index contributed by atoms with van der Waals surface area (Å²) >= 11 is 0. The molecule has 0 unspecified atom stereocenters. The van der Waals surface area contributed by atoms with E-state index in [9.17, 15) is 9.59 Å². The molecule has 1 N–H and O–H groups in total. The van der Waals surface area contributed by atoms with E-state index < -0.39 is 0 Å². The van der Waals surface area contributed by atoms with Crippen LogP contribution in [0.5, 0.6) is 5.75 Å². The van der Waals surface area contributed by atoms with Gasteiger partial charge in [0, 0.05) is 69.7 Å². The second-order valence-corrected chi connectivity index (χ2v) is 8.59. The van der Waals surface area contributed by atoms with Gasteiger partial charge in [0.1, 0.15) is 11.6 Å². The van der Waals surface area contributed by atoms with Crippen molar-refractivity contribution in [1.82, 2.24) is 14.0 Å². The topological polar surface area (TPSA) is 71.7 Å². The average Bonchev–Trinajstić information content (AvgIpc) is 2.88. The number of aromatic nitrogens is 2. The highest BCUT2D eigenvalue weighted by atomic mass is 16.5. The molecule has 0 radical (unpaired) electrons. The number of ether oxygens (including phenoxy) is 1. The van der Waals surface area contributed by atoms with Crippen molar-refractivity contribution in [2.45, 2.75) is 6.42 Å². The zero-order valence-corrected chi connectivity index (χ0v) is 20.2. The van der Waals surface area contributed by atoms with Crippen LogP contribution in [0.15, 0.2) is 64.2 Å². The molecule has 0 spiro atoms. The number of para-hydroxylation sites is 2. The van der Waals surface area contributed by atoms with E-state index in [4.69, 9.17) is 4.74 Å². The van der Waals surface area contributed by atoms with Gasteiger partial charge in [0.25, 0.3) is 5.56 Å². The lowest BCUT2D eigenvalue weighted by Crippen LogP contribution is -2.47. The van der Waals surface area contributed by atoms with Crippen LogP contribution in [0, 0.1) is 0 Å². The molecule has 0 aliphatic carbocycles. The molecule has 1 aliphatic heterocycles. The molecule has 0 amide bonds. The van der Waals surface area contributed by atoms with E-state index in [1.54, 1.807) is 14.2 Å². The Hall–Kier alpha value is -3.52. The largest absolute Gasteiger partial charge is 0.496 e. The number of nitrogens with zero attached hydrogens (tertiary/aromatic N) is 4. The first-order valence-corrected chi connectivity index (χ1v) is 11.7. The summed E-state index contributed by atoms with van der Waals surface area (Å²) in [5.41, 5.74) is 2.92. The summed E-state index contributed by atoms with van der Waals surface area (Å²) < 4.78 is 8.18. The number of anilines is 2. The molecule has 0 saturated carbocycles. The normalized spacial score (nSPS) is 14.3. The fourth-order valence-corrected chi connectivity index (χ4v) is 4.48. The summed E-state index contributed by atoms with van der Waals surface area (Å²) in [6.45, 7) is 5.58. The Morgan fingerprint density at radius 3 is 2.29 bits per heavy atom. The van der Waals surface area contributed by atoms with Crippen LogP contribution in [0.25, 0.3) is 11.1 Å². The summed E-state index contributed by atoms with van der Waals surface area (Å²) in [5, 5.41) is 3.23. The minimum atomic E-state index is -0.320. The van der Waals surface area contributed by atoms with E-state index in [1.165, 1.54) is 28.9 Å². The van der Waals surface area contributed by atoms with Gasteiger partial charge in [-0.3, -0.25) is 18.8 Å². The van der Waals surface area contributed by atoms with Gasteiger partial charge in [-0.25, -0.2) is 4.79 Å². The molecule has 0 bridgehead atoms. The lowest BCUT2D eigenvalue weighted by Gasteiger charge is -2.37. The van der Waals surface area contributed by atoms with Crippen molar-refractivity contribution < 1.29 is 4.74 Å². The Balaban J connectivity index is 1.32. The van der Waals surface area contributed by atoms with E-state index in [1.807, 2.05) is 18.2 Å². The van der Waals surface area contributed by atoms with Gasteiger partial charge < -0.3 is 15.0 Å². The van der Waals surface area contributed by atoms with Gasteiger partial charge >= 0.3 is 5.69 Å². The molecule has 1 aliphatic rings. The van der Waals surface area contributed by atoms with Crippen LogP contribution in [0.3, 0.4) is 0 Å². The number of benzene rings is 2. The first kappa shape index (κ1) is 23.6. The maximum Gasteiger partial charge on any atom is 0.332 e. The minimum Gasteiger partial charge on any atom is -0.496 e. The highest BCUT2D eigenvalue weighted by molar-refractivity contribution is 5.82. The van der Waals surface area contributed by atoms with Crippen LogP contribution < -0.4 is 26.2 Å². The molecule has 2 aromatic carbocycles. The van der Waals surface area contributed by atoms with Crippen LogP contribution in [0.1, 0.15) is 6.42 Å². The minimum absolute atomic E-state index is 0.296. The Bertz CT molecular complexity index is 1240. The molecule has 1 fully saturated rings. The second-order valence-electron chi connectivity index (χ2n) is 8.59. The van der Waals surface area contributed by atoms with E-state index in [0.29, 0.717) is 12.4 Å². The number of hydrogen-bond donors (Lipinski definition) is 1. The van der Waals surface area contributed by atoms with Crippen LogP contribution in [0.2, 0.25) is 0 Å². The summed E-state index contributed by atoms with van der Waals surface area (Å²) in [5.74, 6) is 1.45. The zero-order chi connectivity index (χ0) is 24.1. The average molecular weight is 464 g/mol. The third-order valence-electron chi connectivity index (χ3n) is 6.50. The van der Waals surface area contributed by atoms with Crippen molar-refractivity contribution in [2.24, 2.45) is 14.1 Å². The molecule has 8 heteroatoms. The molecular formula is C26H33N5O3. The predicted octanol–water partition coefficient (Wildman–Crippen LogP) is 2.38. The highest BCUT2D eigenvalue weighted by Crippen LogP contribution is 2.36. The molecule has 8 nitrogen and oxygen atoms in total. The lowest BCUT2D eigenvalue weighted by molar-refractivity contribution is 0.257. The van der Waals surface area contributed by atoms with Crippen molar-refractivity contribution >= 4 is 11.5 Å². The van der Waals surface area contributed by atoms with Gasteiger partial charge in [0.2, 0.25) is 0 Å². The Morgan fingerprint density at radius 2 is 1.56 bits per heavy atom. The number of methoxy groups -OCH3 is 1. The molecule has 2 heterocycles. The molecule has 34 heavy (non-hydrogen) atoms. The SMILES string of the molecule is COc1ccccc1-c1ccccc1N1CCN(CCCNc2cc(=O)n(C)c(=O)n2C)CC1. The van der Waals surface area contributed by atoms with E-state index >= 15 is 0 Å². The van der Waals surface area contributed by atoms with Crippen LogP contribution >= 0.6 is 0 Å². The fraction of sp³-hybridized carbons (Fsp3) is 0.385. The van der Waals surface area contributed by atoms with Gasteiger partial charge in [-0.1, -0.05) is 36.4 Å². The van der Waals surface area contributed by atoms with Crippen molar-refractivity contribution in [2.75, 3.05) is 56.6 Å². The van der Waals surface area contributed by atoms with Crippen molar-refractivity contribution in [3.05, 3.63) is 75.4 Å². The lowest BCUT2D eigenvalue weighted by atomic mass is 10.0. The van der Waals surface area contributed by atoms with Crippen molar-refractivity contribution in [3.8, 4) is 16.9 Å². The third-order valence-corrected chi connectivity index (χ3v) is 6.50. The molecule has 1 aromatic heterocycles. The van der Waals surface area contributed by atoms with Gasteiger partial charge in [-0.2, -0.15) is 0 Å². The molecule has 180 valence electrons. The first-order chi connectivity index (χ1) is 16.5. The Labute approximate surface area is 200 Å². The molecule has 4 rings (SSSR count). The monoisotopic (exact) mass is 463 g/mol. The molecule has 0 atom stereocenters. The van der Waals surface area contributed by atoms with E-state index in [0.717, 1.165) is 55.0 Å². The summed E-state index contributed by atoms with van der Waals surface area (Å²) in [6.07, 6.45) is 0.932. The molecule has 1 saturated heterocycles. The third kappa shape index (κ3) is 5.02. The van der Waals surface area contributed by atoms with Crippen LogP contribution in [0.4, 0.5) is 11.5 Å². The van der Waals surface area contributed by atoms with E-state index in [-0.39, 0.29) is 11.2 Å². The number of nitrogens with one attached hydrogen (secondary N) is 1. The smallest absolute Gasteiger partial charge is 0.332 e. The Kier molecular flexibility index (Phi) is 7.37. The van der Waals surface area contributed by atoms with Gasteiger partial charge in [0.15, 0.2) is 0 Å². The second kappa shape index (κ2) is 10.6. The molecule has 3 aromatic rings. The number of piperazine rings is 1. The number of hydrogen-bond acceptors (Lipinski definition) is 6. The van der Waals surface area contributed by atoms with Crippen molar-refractivity contribution in [3.63, 3.8) is 0 Å². The maximum absolute atomic E-state index is 12.1. The summed E-state index contributed by atoms with van der Waals surface area (Å²) in [6, 6.07) is 18.2. The van der Waals surface area contributed by atoms with Crippen LogP contribution in [-0.2, 0) is 14.1 Å². The fourth-order valence-electron chi connectivity index (χ4n) is 4.48. The van der Waals surface area contributed by atoms with Gasteiger partial charge in [-0.05, 0) is 25.1 Å². The summed E-state index contributed by atoms with van der Waals surface area (Å²) in [4.78, 5) is 28.9. The summed E-state index contributed by atoms with van der Waals surface area (Å²) in [7, 11) is 4.88. The predicted molar refractivity (Wildman–Crippen MR) is 137 cm³/mol. The standard InChI is InChI=1S/C26H33N5O3/c1-28-24(19-25(32)29(2)26(28)33)27-13-8-14-30-15-17-31(18-16-30)22-11-6-4-9-20(22)21-10-5-7-12-23(21)34-3/h4-7,9-12,19,27H,8,13-18H2,1-3H3. The first-order valence-electron chi connectivity index (χ1n) is 11.7. The van der Waals surface area contributed by atoms with Crippen LogP contribution in [-0.4, -0.2) is 60.4 Å². The number of rotatable bonds is 8. The van der Waals surface area contributed by atoms with E-state index in [2.05, 4.69) is 45.4 Å². The quantitative estimate of drug-likeness (QED) is 0.518. The van der Waals surface area contributed by atoms with Gasteiger partial charge in [0.05, 0.1) is 7.11 Å².